The Morgan fingerprint density at radius 3 is 2.48 bits per heavy atom. The molecule has 168 valence electrons. The second-order valence-corrected chi connectivity index (χ2v) is 10.6. The number of rotatable bonds is 5. The van der Waals surface area contributed by atoms with Crippen LogP contribution in [-0.4, -0.2) is 35.1 Å². The van der Waals surface area contributed by atoms with E-state index in [0.29, 0.717) is 24.4 Å². The maximum Gasteiger partial charge on any atom is 0.270 e. The first-order valence-corrected chi connectivity index (χ1v) is 13.1. The number of sulfonamides is 1. The van der Waals surface area contributed by atoms with Gasteiger partial charge in [0.05, 0.1) is 10.6 Å². The van der Waals surface area contributed by atoms with Crippen LogP contribution >= 0.6 is 0 Å². The van der Waals surface area contributed by atoms with Gasteiger partial charge in [-0.2, -0.15) is 9.40 Å². The molecule has 0 unspecified atom stereocenters. The molecule has 1 aromatic heterocycles. The minimum Gasteiger partial charge on any atom is -0.267 e. The summed E-state index contributed by atoms with van der Waals surface area (Å²) in [5.41, 5.74) is 4.25. The van der Waals surface area contributed by atoms with Crippen LogP contribution in [0.1, 0.15) is 69.6 Å². The van der Waals surface area contributed by atoms with E-state index >= 15 is 0 Å². The minimum absolute atomic E-state index is 0.00103. The second-order valence-electron chi connectivity index (χ2n) is 8.77. The van der Waals surface area contributed by atoms with Crippen molar-refractivity contribution in [3.63, 3.8) is 0 Å². The lowest BCUT2D eigenvalue weighted by Gasteiger charge is -2.33. The van der Waals surface area contributed by atoms with E-state index in [1.54, 1.807) is 10.4 Å². The zero-order valence-electron chi connectivity index (χ0n) is 18.9. The van der Waals surface area contributed by atoms with Gasteiger partial charge < -0.3 is 0 Å². The van der Waals surface area contributed by atoms with Crippen molar-refractivity contribution in [1.29, 1.82) is 0 Å². The molecule has 2 aliphatic rings. The van der Waals surface area contributed by atoms with E-state index in [-0.39, 0.29) is 11.6 Å². The van der Waals surface area contributed by atoms with Crippen LogP contribution in [0.5, 0.6) is 0 Å². The predicted molar refractivity (Wildman–Crippen MR) is 123 cm³/mol. The molecular formula is C24H33N3O3S. The average Bonchev–Trinajstić information content (AvgIpc) is 2.79. The number of nitrogens with zero attached hydrogens (tertiary/aromatic N) is 3. The van der Waals surface area contributed by atoms with E-state index in [0.717, 1.165) is 72.9 Å². The molecule has 0 radical (unpaired) electrons. The average molecular weight is 444 g/mol. The first kappa shape index (κ1) is 22.2. The number of piperidine rings is 1. The Labute approximate surface area is 185 Å². The lowest BCUT2D eigenvalue weighted by Crippen LogP contribution is -2.42. The van der Waals surface area contributed by atoms with Crippen molar-refractivity contribution < 1.29 is 8.42 Å². The SMILES string of the molecule is CCc1ccc(-c2nn(CC)c(=O)c3c2CCCC3)cc1S(=O)(=O)N1CCCC[C@@H]1C. The largest absolute Gasteiger partial charge is 0.270 e. The number of hydrogen-bond donors (Lipinski definition) is 0. The van der Waals surface area contributed by atoms with E-state index in [1.807, 2.05) is 32.9 Å². The summed E-state index contributed by atoms with van der Waals surface area (Å²) in [6, 6.07) is 5.71. The van der Waals surface area contributed by atoms with Gasteiger partial charge in [0.15, 0.2) is 0 Å². The molecule has 6 nitrogen and oxygen atoms in total. The lowest BCUT2D eigenvalue weighted by molar-refractivity contribution is 0.268. The quantitative estimate of drug-likeness (QED) is 0.702. The van der Waals surface area contributed by atoms with E-state index in [4.69, 9.17) is 0 Å². The third-order valence-corrected chi connectivity index (χ3v) is 8.91. The Bertz CT molecular complexity index is 1140. The van der Waals surface area contributed by atoms with Gasteiger partial charge in [-0.05, 0) is 76.0 Å². The van der Waals surface area contributed by atoms with Crippen LogP contribution in [0, 0.1) is 0 Å². The van der Waals surface area contributed by atoms with Gasteiger partial charge in [-0.25, -0.2) is 13.1 Å². The highest BCUT2D eigenvalue weighted by molar-refractivity contribution is 7.89. The topological polar surface area (TPSA) is 72.3 Å². The van der Waals surface area contributed by atoms with E-state index in [1.165, 1.54) is 4.68 Å². The molecule has 1 aromatic carbocycles. The maximum atomic E-state index is 13.7. The smallest absolute Gasteiger partial charge is 0.267 e. The molecule has 1 atom stereocenters. The van der Waals surface area contributed by atoms with Crippen LogP contribution in [0.2, 0.25) is 0 Å². The molecule has 0 spiro atoms. The molecule has 0 amide bonds. The van der Waals surface area contributed by atoms with Crippen molar-refractivity contribution in [2.24, 2.45) is 0 Å². The highest BCUT2D eigenvalue weighted by Crippen LogP contribution is 2.33. The maximum absolute atomic E-state index is 13.7. The zero-order chi connectivity index (χ0) is 22.2. The summed E-state index contributed by atoms with van der Waals surface area (Å²) in [7, 11) is -3.59. The van der Waals surface area contributed by atoms with Crippen LogP contribution in [0.3, 0.4) is 0 Å². The first-order chi connectivity index (χ1) is 14.9. The summed E-state index contributed by atoms with van der Waals surface area (Å²) < 4.78 is 30.5. The fraction of sp³-hybridized carbons (Fsp3) is 0.583. The molecule has 0 N–H and O–H groups in total. The minimum atomic E-state index is -3.59. The fourth-order valence-corrected chi connectivity index (χ4v) is 7.04. The molecule has 2 heterocycles. The van der Waals surface area contributed by atoms with Crippen molar-refractivity contribution in [2.75, 3.05) is 6.54 Å². The van der Waals surface area contributed by atoms with Gasteiger partial charge in [0.25, 0.3) is 5.56 Å². The zero-order valence-corrected chi connectivity index (χ0v) is 19.7. The first-order valence-electron chi connectivity index (χ1n) is 11.7. The number of aryl methyl sites for hydroxylation is 2. The molecular weight excluding hydrogens is 410 g/mol. The predicted octanol–water partition coefficient (Wildman–Crippen LogP) is 3.93. The normalized spacial score (nSPS) is 19.9. The molecule has 0 bridgehead atoms. The summed E-state index contributed by atoms with van der Waals surface area (Å²) in [6.45, 7) is 6.99. The number of hydrogen-bond acceptors (Lipinski definition) is 4. The van der Waals surface area contributed by atoms with E-state index in [9.17, 15) is 13.2 Å². The van der Waals surface area contributed by atoms with Crippen molar-refractivity contribution in [2.45, 2.75) is 89.6 Å². The lowest BCUT2D eigenvalue weighted by atomic mass is 9.89. The van der Waals surface area contributed by atoms with Gasteiger partial charge >= 0.3 is 0 Å². The molecule has 1 aliphatic heterocycles. The van der Waals surface area contributed by atoms with Gasteiger partial charge in [0.2, 0.25) is 10.0 Å². The standard InChI is InChI=1S/C24H33N3O3S/c1-4-18-13-14-19(16-22(18)31(29,30)27-15-9-8-10-17(27)3)23-20-11-6-7-12-21(20)24(28)26(5-2)25-23/h13-14,16-17H,4-12,15H2,1-3H3/t17-/m0/s1. The Morgan fingerprint density at radius 1 is 1.06 bits per heavy atom. The third kappa shape index (κ3) is 3.98. The molecule has 1 aliphatic carbocycles. The molecule has 31 heavy (non-hydrogen) atoms. The van der Waals surface area contributed by atoms with Crippen molar-refractivity contribution in [3.05, 3.63) is 45.2 Å². The van der Waals surface area contributed by atoms with Crippen LogP contribution in [-0.2, 0) is 35.8 Å². The van der Waals surface area contributed by atoms with Crippen LogP contribution in [0.25, 0.3) is 11.3 Å². The van der Waals surface area contributed by atoms with Crippen molar-refractivity contribution >= 4 is 10.0 Å². The van der Waals surface area contributed by atoms with E-state index < -0.39 is 10.0 Å². The van der Waals surface area contributed by atoms with Gasteiger partial charge in [-0.15, -0.1) is 0 Å². The second kappa shape index (κ2) is 8.87. The highest BCUT2D eigenvalue weighted by Gasteiger charge is 2.33. The highest BCUT2D eigenvalue weighted by atomic mass is 32.2. The molecule has 1 saturated heterocycles. The molecule has 0 saturated carbocycles. The number of aromatic nitrogens is 2. The van der Waals surface area contributed by atoms with Crippen molar-refractivity contribution in [1.82, 2.24) is 14.1 Å². The number of fused-ring (bicyclic) bond motifs is 1. The summed E-state index contributed by atoms with van der Waals surface area (Å²) in [5.74, 6) is 0. The Balaban J connectivity index is 1.88. The number of benzene rings is 1. The van der Waals surface area contributed by atoms with Gasteiger partial charge in [-0.1, -0.05) is 25.5 Å². The third-order valence-electron chi connectivity index (χ3n) is 6.82. The van der Waals surface area contributed by atoms with Crippen LogP contribution in [0.15, 0.2) is 27.9 Å². The van der Waals surface area contributed by atoms with Crippen LogP contribution in [0.4, 0.5) is 0 Å². The Morgan fingerprint density at radius 2 is 1.81 bits per heavy atom. The molecule has 4 rings (SSSR count). The molecule has 1 fully saturated rings. The van der Waals surface area contributed by atoms with E-state index in [2.05, 4.69) is 5.10 Å². The fourth-order valence-electron chi connectivity index (χ4n) is 5.02. The van der Waals surface area contributed by atoms with Crippen LogP contribution < -0.4 is 5.56 Å². The summed E-state index contributed by atoms with van der Waals surface area (Å²) in [6.07, 6.45) is 7.15. The monoisotopic (exact) mass is 443 g/mol. The summed E-state index contributed by atoms with van der Waals surface area (Å²) in [5, 5.41) is 4.68. The molecule has 2 aromatic rings. The van der Waals surface area contributed by atoms with Gasteiger partial charge in [-0.3, -0.25) is 4.79 Å². The summed E-state index contributed by atoms with van der Waals surface area (Å²) >= 11 is 0. The molecule has 7 heteroatoms. The Kier molecular flexibility index (Phi) is 6.35. The van der Waals surface area contributed by atoms with Gasteiger partial charge in [0.1, 0.15) is 0 Å². The summed E-state index contributed by atoms with van der Waals surface area (Å²) in [4.78, 5) is 13.2. The van der Waals surface area contributed by atoms with Crippen molar-refractivity contribution in [3.8, 4) is 11.3 Å². The Hall–Kier alpha value is -1.99. The van der Waals surface area contributed by atoms with Gasteiger partial charge in [0, 0.05) is 30.3 Å².